The second-order valence-corrected chi connectivity index (χ2v) is 9.78. The monoisotopic (exact) mass is 462 g/mol. The van der Waals surface area contributed by atoms with E-state index in [0.717, 1.165) is 25.7 Å². The lowest BCUT2D eigenvalue weighted by molar-refractivity contribution is 0.0898. The van der Waals surface area contributed by atoms with Crippen molar-refractivity contribution in [3.8, 4) is 0 Å². The van der Waals surface area contributed by atoms with E-state index in [0.29, 0.717) is 32.7 Å². The molecule has 1 aromatic heterocycles. The zero-order chi connectivity index (χ0) is 22.3. The number of hydrogen-bond acceptors (Lipinski definition) is 3. The van der Waals surface area contributed by atoms with Crippen LogP contribution in [0.25, 0.3) is 11.0 Å². The smallest absolute Gasteiger partial charge is 0.254 e. The number of nitrogens with zero attached hydrogens (tertiary/aromatic N) is 2. The maximum atomic E-state index is 14.9. The molecule has 0 aliphatic heterocycles. The Balaban J connectivity index is 1.62. The van der Waals surface area contributed by atoms with Crippen LogP contribution in [0.3, 0.4) is 0 Å². The van der Waals surface area contributed by atoms with Gasteiger partial charge in [-0.3, -0.25) is 4.79 Å². The van der Waals surface area contributed by atoms with Crippen LogP contribution in [0.15, 0.2) is 30.3 Å². The molecule has 1 saturated carbocycles. The van der Waals surface area contributed by atoms with Gasteiger partial charge in [-0.1, -0.05) is 49.5 Å². The first-order valence-corrected chi connectivity index (χ1v) is 11.1. The van der Waals surface area contributed by atoms with Gasteiger partial charge in [-0.05, 0) is 42.9 Å². The summed E-state index contributed by atoms with van der Waals surface area (Å²) >= 11 is 12.5. The van der Waals surface area contributed by atoms with Crippen LogP contribution in [0.5, 0.6) is 0 Å². The number of para-hydroxylation sites is 1. The molecule has 3 aromatic rings. The van der Waals surface area contributed by atoms with Crippen molar-refractivity contribution >= 4 is 51.8 Å². The number of imidazole rings is 1. The SMILES string of the molecule is Cn1c(Nc2c(Cl)cccc2Cl)nc2cc(C(=O)NC3CCCC(C)(C)C3)c(F)cc21. The molecule has 1 unspecified atom stereocenters. The van der Waals surface area contributed by atoms with Crippen molar-refractivity contribution in [2.45, 2.75) is 45.6 Å². The second kappa shape index (κ2) is 8.32. The Kier molecular flexibility index (Phi) is 5.88. The van der Waals surface area contributed by atoms with E-state index >= 15 is 0 Å². The lowest BCUT2D eigenvalue weighted by atomic mass is 9.75. The average molecular weight is 463 g/mol. The molecule has 31 heavy (non-hydrogen) atoms. The van der Waals surface area contributed by atoms with E-state index in [1.165, 1.54) is 12.1 Å². The van der Waals surface area contributed by atoms with E-state index in [-0.39, 0.29) is 17.0 Å². The third-order valence-electron chi connectivity index (χ3n) is 5.95. The molecular weight excluding hydrogens is 438 g/mol. The largest absolute Gasteiger partial charge is 0.349 e. The molecular formula is C23H25Cl2FN4O. The van der Waals surface area contributed by atoms with Crippen molar-refractivity contribution in [1.29, 1.82) is 0 Å². The van der Waals surface area contributed by atoms with Crippen molar-refractivity contribution in [3.63, 3.8) is 0 Å². The maximum Gasteiger partial charge on any atom is 0.254 e. The minimum Gasteiger partial charge on any atom is -0.349 e. The molecule has 0 spiro atoms. The molecule has 0 radical (unpaired) electrons. The minimum absolute atomic E-state index is 0.00342. The first kappa shape index (κ1) is 21.9. The van der Waals surface area contributed by atoms with Crippen LogP contribution >= 0.6 is 23.2 Å². The third-order valence-corrected chi connectivity index (χ3v) is 6.58. The number of benzene rings is 2. The van der Waals surface area contributed by atoms with Gasteiger partial charge < -0.3 is 15.2 Å². The van der Waals surface area contributed by atoms with Crippen molar-refractivity contribution in [2.24, 2.45) is 12.5 Å². The van der Waals surface area contributed by atoms with Crippen LogP contribution < -0.4 is 10.6 Å². The van der Waals surface area contributed by atoms with Gasteiger partial charge in [-0.15, -0.1) is 0 Å². The Hall–Kier alpha value is -2.31. The standard InChI is InChI=1S/C23H25Cl2FN4O/c1-23(2)9-5-6-13(12-23)27-21(31)14-10-18-19(11-17(14)26)30(3)22(28-18)29-20-15(24)7-4-8-16(20)25/h4,7-8,10-11,13H,5-6,9,12H2,1-3H3,(H,27,31)(H,28,29). The summed E-state index contributed by atoms with van der Waals surface area (Å²) in [6, 6.07) is 8.06. The number of aromatic nitrogens is 2. The fraction of sp³-hybridized carbons (Fsp3) is 0.391. The summed E-state index contributed by atoms with van der Waals surface area (Å²) in [7, 11) is 1.76. The Morgan fingerprint density at radius 1 is 1.26 bits per heavy atom. The molecule has 5 nitrogen and oxygen atoms in total. The summed E-state index contributed by atoms with van der Waals surface area (Å²) in [5.41, 5.74) is 1.75. The molecule has 2 N–H and O–H groups in total. The molecule has 0 saturated heterocycles. The molecule has 1 fully saturated rings. The normalized spacial score (nSPS) is 18.2. The summed E-state index contributed by atoms with van der Waals surface area (Å²) in [5, 5.41) is 7.01. The summed E-state index contributed by atoms with van der Waals surface area (Å²) in [5.74, 6) is -0.544. The van der Waals surface area contributed by atoms with Crippen LogP contribution in [0, 0.1) is 11.2 Å². The zero-order valence-electron chi connectivity index (χ0n) is 17.7. The van der Waals surface area contributed by atoms with E-state index in [9.17, 15) is 9.18 Å². The highest BCUT2D eigenvalue weighted by Crippen LogP contribution is 2.36. The number of anilines is 2. The van der Waals surface area contributed by atoms with Crippen molar-refractivity contribution in [3.05, 3.63) is 51.8 Å². The summed E-state index contributed by atoms with van der Waals surface area (Å²) < 4.78 is 16.6. The number of amides is 1. The number of fused-ring (bicyclic) bond motifs is 1. The van der Waals surface area contributed by atoms with Crippen molar-refractivity contribution in [2.75, 3.05) is 5.32 Å². The van der Waals surface area contributed by atoms with Gasteiger partial charge in [0.2, 0.25) is 5.95 Å². The van der Waals surface area contributed by atoms with Gasteiger partial charge in [-0.2, -0.15) is 0 Å². The summed E-state index contributed by atoms with van der Waals surface area (Å²) in [4.78, 5) is 17.4. The van der Waals surface area contributed by atoms with E-state index in [2.05, 4.69) is 29.5 Å². The first-order chi connectivity index (χ1) is 14.6. The number of nitrogens with one attached hydrogen (secondary N) is 2. The van der Waals surface area contributed by atoms with Gasteiger partial charge in [0, 0.05) is 19.2 Å². The topological polar surface area (TPSA) is 59.0 Å². The van der Waals surface area contributed by atoms with Gasteiger partial charge in [0.1, 0.15) is 5.82 Å². The van der Waals surface area contributed by atoms with Gasteiger partial charge in [0.15, 0.2) is 0 Å². The second-order valence-electron chi connectivity index (χ2n) is 8.97. The number of hydrogen-bond donors (Lipinski definition) is 2. The van der Waals surface area contributed by atoms with Crippen molar-refractivity contribution in [1.82, 2.24) is 14.9 Å². The molecule has 1 amide bonds. The third kappa shape index (κ3) is 4.51. The van der Waals surface area contributed by atoms with Crippen molar-refractivity contribution < 1.29 is 9.18 Å². The Bertz CT molecular complexity index is 1140. The highest BCUT2D eigenvalue weighted by molar-refractivity contribution is 6.39. The maximum absolute atomic E-state index is 14.9. The molecule has 8 heteroatoms. The molecule has 2 aromatic carbocycles. The Morgan fingerprint density at radius 2 is 1.97 bits per heavy atom. The van der Waals surface area contributed by atoms with Crippen LogP contribution in [-0.2, 0) is 7.05 Å². The lowest BCUT2D eigenvalue weighted by Crippen LogP contribution is -2.40. The fourth-order valence-corrected chi connectivity index (χ4v) is 4.80. The van der Waals surface area contributed by atoms with Gasteiger partial charge in [0.25, 0.3) is 5.91 Å². The predicted molar refractivity (Wildman–Crippen MR) is 124 cm³/mol. The fourth-order valence-electron chi connectivity index (χ4n) is 4.31. The van der Waals surface area contributed by atoms with Crippen LogP contribution in [-0.4, -0.2) is 21.5 Å². The highest BCUT2D eigenvalue weighted by Gasteiger charge is 2.29. The van der Waals surface area contributed by atoms with E-state index < -0.39 is 11.7 Å². The highest BCUT2D eigenvalue weighted by atomic mass is 35.5. The molecule has 1 atom stereocenters. The molecule has 4 rings (SSSR count). The van der Waals surface area contributed by atoms with Gasteiger partial charge in [0.05, 0.1) is 32.3 Å². The molecule has 1 aliphatic rings. The molecule has 1 heterocycles. The zero-order valence-corrected chi connectivity index (χ0v) is 19.2. The Labute approximate surface area is 190 Å². The van der Waals surface area contributed by atoms with Crippen LogP contribution in [0.4, 0.5) is 16.0 Å². The van der Waals surface area contributed by atoms with Crippen LogP contribution in [0.2, 0.25) is 10.0 Å². The quantitative estimate of drug-likeness (QED) is 0.467. The molecule has 164 valence electrons. The van der Waals surface area contributed by atoms with Gasteiger partial charge >= 0.3 is 0 Å². The number of halogens is 3. The predicted octanol–water partition coefficient (Wildman–Crippen LogP) is 6.46. The van der Waals surface area contributed by atoms with E-state index in [4.69, 9.17) is 23.2 Å². The molecule has 1 aliphatic carbocycles. The number of carbonyl (C=O) groups excluding carboxylic acids is 1. The summed E-state index contributed by atoms with van der Waals surface area (Å²) in [6.07, 6.45) is 3.99. The van der Waals surface area contributed by atoms with Crippen LogP contribution in [0.1, 0.15) is 49.9 Å². The summed E-state index contributed by atoms with van der Waals surface area (Å²) in [6.45, 7) is 4.40. The minimum atomic E-state index is -0.578. The molecule has 0 bridgehead atoms. The Morgan fingerprint density at radius 3 is 2.65 bits per heavy atom. The first-order valence-electron chi connectivity index (χ1n) is 10.3. The average Bonchev–Trinajstić information content (AvgIpc) is 2.98. The number of aryl methyl sites for hydroxylation is 1. The lowest BCUT2D eigenvalue weighted by Gasteiger charge is -2.35. The van der Waals surface area contributed by atoms with E-state index in [1.807, 2.05) is 0 Å². The number of rotatable bonds is 4. The van der Waals surface area contributed by atoms with E-state index in [1.54, 1.807) is 29.8 Å². The number of carbonyl (C=O) groups is 1. The van der Waals surface area contributed by atoms with Gasteiger partial charge in [-0.25, -0.2) is 9.37 Å².